The van der Waals surface area contributed by atoms with Crippen molar-refractivity contribution in [3.63, 3.8) is 0 Å². The maximum Gasteiger partial charge on any atom is 0.395 e. The third kappa shape index (κ3) is 41.2. The standard InChI is InChI=1S/C58H112NO5.C2H6O4S/c1-5-9-12-15-18-21-24-27-30-33-36-39-42-45-48-51-55-59(8-4)58(54-64-55,56(60)62-52-49-46-43-40-37-34-31-28-25-22-19-16-13-10-6-2)57(61)63-53-50-47-44-41-38-35-32-29-26-23-20-17-14-11-7-3;1-2-6-7(3,4)5/h5-54H2,1-4H3;2H2,1H3,(H,3,4,5)/q+1;/p-1. The fourth-order valence-electron chi connectivity index (χ4n) is 9.94. The number of nitrogens with zero attached hydrogens (tertiary/aromatic N) is 1. The van der Waals surface area contributed by atoms with E-state index < -0.39 is 27.9 Å². The van der Waals surface area contributed by atoms with Gasteiger partial charge in [0.25, 0.3) is 0 Å². The van der Waals surface area contributed by atoms with E-state index >= 15 is 0 Å². The van der Waals surface area contributed by atoms with Crippen LogP contribution in [0.25, 0.3) is 0 Å². The minimum atomic E-state index is -4.42. The first-order chi connectivity index (χ1) is 34.6. The van der Waals surface area contributed by atoms with E-state index in [4.69, 9.17) is 14.2 Å². The molecule has 0 unspecified atom stereocenters. The van der Waals surface area contributed by atoms with Crippen LogP contribution in [0.15, 0.2) is 0 Å². The Hall–Kier alpha value is -1.72. The molecule has 0 aromatic carbocycles. The molecule has 0 spiro atoms. The third-order valence-electron chi connectivity index (χ3n) is 14.4. The van der Waals surface area contributed by atoms with Gasteiger partial charge in [0.2, 0.25) is 10.4 Å². The van der Waals surface area contributed by atoms with Gasteiger partial charge in [0, 0.05) is 0 Å². The molecule has 0 bridgehead atoms. The lowest BCUT2D eigenvalue weighted by atomic mass is 10.00. The van der Waals surface area contributed by atoms with Crippen molar-refractivity contribution >= 4 is 28.2 Å². The van der Waals surface area contributed by atoms with E-state index in [1.807, 2.05) is 11.5 Å². The molecule has 1 rings (SSSR count). The van der Waals surface area contributed by atoms with Gasteiger partial charge in [-0.1, -0.05) is 290 Å². The van der Waals surface area contributed by atoms with Gasteiger partial charge in [0.05, 0.1) is 26.2 Å². The zero-order chi connectivity index (χ0) is 52.2. The molecule has 71 heavy (non-hydrogen) atoms. The van der Waals surface area contributed by atoms with Gasteiger partial charge in [-0.05, 0) is 33.1 Å². The molecular weight excluding hydrogens is 911 g/mol. The SMILES string of the molecule is CCCCCCCCCCCCCCCCCOC(=O)C1(C(=O)OCCCCCCCCCCCCCCCCC)COC(CCCCCCCCCCCCCCCCC)=[N+]1CC.CCOS(=O)(=O)[O-]. The topological polar surface area (TPSA) is 131 Å². The van der Waals surface area contributed by atoms with E-state index in [9.17, 15) is 22.6 Å². The van der Waals surface area contributed by atoms with Crippen LogP contribution in [0.3, 0.4) is 0 Å². The summed E-state index contributed by atoms with van der Waals surface area (Å²) in [5, 5.41) is 0. The van der Waals surface area contributed by atoms with Crippen LogP contribution in [0.2, 0.25) is 0 Å². The Morgan fingerprint density at radius 3 is 0.915 bits per heavy atom. The van der Waals surface area contributed by atoms with Crippen molar-refractivity contribution in [1.82, 2.24) is 0 Å². The summed E-state index contributed by atoms with van der Waals surface area (Å²) in [6.07, 6.45) is 59.5. The Kier molecular flexibility index (Phi) is 50.5. The molecule has 10 nitrogen and oxygen atoms in total. The van der Waals surface area contributed by atoms with E-state index in [0.717, 1.165) is 50.8 Å². The molecule has 422 valence electrons. The van der Waals surface area contributed by atoms with E-state index in [0.29, 0.717) is 19.8 Å². The summed E-state index contributed by atoms with van der Waals surface area (Å²) in [7, 11) is -4.42. The van der Waals surface area contributed by atoms with Crippen molar-refractivity contribution in [3.8, 4) is 0 Å². The van der Waals surface area contributed by atoms with E-state index in [1.54, 1.807) is 0 Å². The quantitative estimate of drug-likeness (QED) is 0.0146. The predicted molar refractivity (Wildman–Crippen MR) is 297 cm³/mol. The Labute approximate surface area is 440 Å². The molecule has 0 saturated heterocycles. The number of likely N-dealkylation sites (N-methyl/N-ethyl adjacent to an activating group) is 1. The number of ether oxygens (including phenoxy) is 3. The van der Waals surface area contributed by atoms with Crippen LogP contribution in [0.1, 0.15) is 330 Å². The average molecular weight is 1030 g/mol. The Morgan fingerprint density at radius 2 is 0.690 bits per heavy atom. The number of hydrogen-bond acceptors (Lipinski definition) is 9. The van der Waals surface area contributed by atoms with Crippen LogP contribution in [0, 0.1) is 0 Å². The van der Waals surface area contributed by atoms with Crippen LogP contribution in [0.5, 0.6) is 0 Å². The number of hydrogen-bond donors (Lipinski definition) is 0. The van der Waals surface area contributed by atoms with Crippen LogP contribution in [-0.2, 0) is 38.4 Å². The molecule has 0 N–H and O–H groups in total. The first-order valence-electron chi connectivity index (χ1n) is 30.8. The first-order valence-corrected chi connectivity index (χ1v) is 32.2. The minimum absolute atomic E-state index is 0.00963. The predicted octanol–water partition coefficient (Wildman–Crippen LogP) is 17.8. The van der Waals surface area contributed by atoms with Crippen LogP contribution in [0.4, 0.5) is 0 Å². The summed E-state index contributed by atoms with van der Waals surface area (Å²) in [6, 6.07) is 0. The lowest BCUT2D eigenvalue weighted by Crippen LogP contribution is -2.58. The molecular formula is C60H117NO9S. The zero-order valence-corrected chi connectivity index (χ0v) is 48.4. The molecule has 0 amide bonds. The second-order valence-electron chi connectivity index (χ2n) is 21.0. The summed E-state index contributed by atoms with van der Waals surface area (Å²) in [4.78, 5) is 28.0. The fourth-order valence-corrected chi connectivity index (χ4v) is 10.2. The van der Waals surface area contributed by atoms with Crippen LogP contribution >= 0.6 is 0 Å². The zero-order valence-electron chi connectivity index (χ0n) is 47.6. The Balaban J connectivity index is 0.00000647. The summed E-state index contributed by atoms with van der Waals surface area (Å²) in [5.41, 5.74) is -1.54. The number of unbranched alkanes of at least 4 members (excludes halogenated alkanes) is 42. The lowest BCUT2D eigenvalue weighted by Gasteiger charge is -2.21. The molecule has 0 fully saturated rings. The Morgan fingerprint density at radius 1 is 0.437 bits per heavy atom. The van der Waals surface area contributed by atoms with Crippen molar-refractivity contribution in [1.29, 1.82) is 0 Å². The monoisotopic (exact) mass is 1030 g/mol. The van der Waals surface area contributed by atoms with E-state index in [1.165, 1.54) is 257 Å². The van der Waals surface area contributed by atoms with Gasteiger partial charge >= 0.3 is 23.4 Å². The van der Waals surface area contributed by atoms with Gasteiger partial charge < -0.3 is 18.8 Å². The Bertz CT molecular complexity index is 1270. The molecule has 0 aliphatic carbocycles. The van der Waals surface area contributed by atoms with Crippen LogP contribution < -0.4 is 0 Å². The highest BCUT2D eigenvalue weighted by Gasteiger charge is 2.65. The van der Waals surface area contributed by atoms with Crippen molar-refractivity contribution in [2.24, 2.45) is 0 Å². The molecule has 0 aromatic rings. The minimum Gasteiger partial charge on any atom is -0.726 e. The van der Waals surface area contributed by atoms with Gasteiger partial charge in [-0.25, -0.2) is 18.0 Å². The average Bonchev–Trinajstić information content (AvgIpc) is 3.74. The maximum atomic E-state index is 14.0. The molecule has 1 aliphatic heterocycles. The largest absolute Gasteiger partial charge is 0.726 e. The highest BCUT2D eigenvalue weighted by molar-refractivity contribution is 7.80. The number of carbonyl (C=O) groups excluding carboxylic acids is 2. The van der Waals surface area contributed by atoms with Gasteiger partial charge in [-0.2, -0.15) is 4.58 Å². The molecule has 1 heterocycles. The molecule has 0 saturated carbocycles. The second kappa shape index (κ2) is 51.8. The third-order valence-corrected chi connectivity index (χ3v) is 14.9. The fraction of sp³-hybridized carbons (Fsp3) is 0.950. The number of esters is 2. The normalized spacial score (nSPS) is 13.3. The molecule has 11 heteroatoms. The summed E-state index contributed by atoms with van der Waals surface area (Å²) in [5.74, 6) is -0.231. The van der Waals surface area contributed by atoms with Gasteiger partial charge in [-0.15, -0.1) is 0 Å². The van der Waals surface area contributed by atoms with Crippen molar-refractivity contribution < 1.29 is 45.5 Å². The number of rotatable bonds is 53. The molecule has 0 radical (unpaired) electrons. The van der Waals surface area contributed by atoms with E-state index in [2.05, 4.69) is 25.0 Å². The highest BCUT2D eigenvalue weighted by Crippen LogP contribution is 2.26. The summed E-state index contributed by atoms with van der Waals surface area (Å²) < 4.78 is 52.0. The van der Waals surface area contributed by atoms with Crippen molar-refractivity contribution in [2.75, 3.05) is 33.0 Å². The number of carbonyl (C=O) groups is 2. The summed E-state index contributed by atoms with van der Waals surface area (Å²) in [6.45, 7) is 11.4. The molecule has 0 atom stereocenters. The first kappa shape index (κ1) is 69.3. The van der Waals surface area contributed by atoms with Crippen LogP contribution in [-0.4, -0.2) is 73.9 Å². The van der Waals surface area contributed by atoms with Gasteiger partial charge in [0.15, 0.2) is 6.61 Å². The summed E-state index contributed by atoms with van der Waals surface area (Å²) >= 11 is 0. The van der Waals surface area contributed by atoms with Gasteiger partial charge in [0.1, 0.15) is 6.54 Å². The molecule has 1 aliphatic rings. The molecule has 0 aromatic heterocycles. The van der Waals surface area contributed by atoms with Crippen molar-refractivity contribution in [3.05, 3.63) is 0 Å². The lowest BCUT2D eigenvalue weighted by molar-refractivity contribution is -0.570. The highest BCUT2D eigenvalue weighted by atomic mass is 32.3. The van der Waals surface area contributed by atoms with E-state index in [-0.39, 0.29) is 13.2 Å². The smallest absolute Gasteiger partial charge is 0.395 e. The van der Waals surface area contributed by atoms with Gasteiger partial charge in [-0.3, -0.25) is 4.18 Å². The van der Waals surface area contributed by atoms with Crippen molar-refractivity contribution in [2.45, 2.75) is 336 Å². The second-order valence-corrected chi connectivity index (χ2v) is 22.0. The maximum absolute atomic E-state index is 14.0.